The van der Waals surface area contributed by atoms with Crippen LogP contribution >= 0.6 is 0 Å². The average Bonchev–Trinajstić information content (AvgIpc) is 3.34. The topological polar surface area (TPSA) is 58.2 Å². The first kappa shape index (κ1) is 31.5. The number of nitrogens with one attached hydrogen (secondary N) is 1. The monoisotopic (exact) mass is 597 g/mol. The Labute approximate surface area is 246 Å². The number of fused-ring (bicyclic) bond motifs is 1. The van der Waals surface area contributed by atoms with E-state index in [1.54, 1.807) is 69.6 Å². The number of H-pyrrole nitrogens is 1. The fourth-order valence-corrected chi connectivity index (χ4v) is 4.71. The molecule has 10 heteroatoms. The predicted octanol–water partition coefficient (Wildman–Crippen LogP) is 8.42. The van der Waals surface area contributed by atoms with Crippen LogP contribution in [0.1, 0.15) is 54.9 Å². The van der Waals surface area contributed by atoms with E-state index >= 15 is 0 Å². The molecule has 0 radical (unpaired) electrons. The highest BCUT2D eigenvalue weighted by Gasteiger charge is 2.32. The molecule has 0 unspecified atom stereocenters. The Morgan fingerprint density at radius 3 is 2.35 bits per heavy atom. The normalized spacial score (nSPS) is 12.6. The summed E-state index contributed by atoms with van der Waals surface area (Å²) in [6, 6.07) is 14.4. The lowest BCUT2D eigenvalue weighted by atomic mass is 9.87. The number of rotatable bonds is 11. The number of aromatic amines is 1. The molecule has 0 aliphatic heterocycles. The second-order valence-corrected chi connectivity index (χ2v) is 10.2. The van der Waals surface area contributed by atoms with Gasteiger partial charge in [-0.25, -0.2) is 4.39 Å². The van der Waals surface area contributed by atoms with Gasteiger partial charge in [0.2, 0.25) is 11.9 Å². The van der Waals surface area contributed by atoms with E-state index in [-0.39, 0.29) is 23.3 Å². The van der Waals surface area contributed by atoms with Crippen molar-refractivity contribution >= 4 is 28.0 Å². The van der Waals surface area contributed by atoms with E-state index in [4.69, 9.17) is 4.74 Å². The Bertz CT molecular complexity index is 1640. The highest BCUT2D eigenvalue weighted by atomic mass is 19.4. The van der Waals surface area contributed by atoms with Crippen LogP contribution in [0.15, 0.2) is 72.8 Å². The van der Waals surface area contributed by atoms with Crippen molar-refractivity contribution in [3.05, 3.63) is 107 Å². The van der Waals surface area contributed by atoms with Crippen LogP contribution in [0.5, 0.6) is 5.75 Å². The third-order valence-electron chi connectivity index (χ3n) is 6.90. The minimum Gasteiger partial charge on any atom is -0.494 e. The molecule has 0 spiro atoms. The van der Waals surface area contributed by atoms with E-state index in [0.29, 0.717) is 46.2 Å². The molecular weight excluding hydrogens is 565 g/mol. The van der Waals surface area contributed by atoms with Crippen molar-refractivity contribution in [2.75, 3.05) is 20.7 Å². The highest BCUT2D eigenvalue weighted by molar-refractivity contribution is 6.00. The number of alkyl halides is 3. The molecule has 0 saturated heterocycles. The molecule has 0 fully saturated rings. The third-order valence-corrected chi connectivity index (χ3v) is 6.90. The van der Waals surface area contributed by atoms with Crippen LogP contribution in [0.4, 0.5) is 22.0 Å². The molecule has 0 aliphatic carbocycles. The Morgan fingerprint density at radius 1 is 0.953 bits per heavy atom. The number of hydrogen-bond donors (Lipinski definition) is 1. The summed E-state index contributed by atoms with van der Waals surface area (Å²) in [6.07, 6.45) is 1.27. The number of unbranched alkanes of at least 4 members (excludes halogenated alkanes) is 2. The van der Waals surface area contributed by atoms with Crippen LogP contribution in [-0.4, -0.2) is 41.7 Å². The molecule has 1 amide bonds. The smallest absolute Gasteiger partial charge is 0.416 e. The number of benzene rings is 3. The quantitative estimate of drug-likeness (QED) is 0.0817. The van der Waals surface area contributed by atoms with Crippen LogP contribution in [0.3, 0.4) is 0 Å². The van der Waals surface area contributed by atoms with Crippen LogP contribution < -0.4 is 4.74 Å². The van der Waals surface area contributed by atoms with Crippen LogP contribution in [0.2, 0.25) is 0 Å². The molecule has 3 aromatic carbocycles. The number of carbonyl (C=O) groups is 1. The van der Waals surface area contributed by atoms with Crippen LogP contribution in [0, 0.1) is 11.8 Å². The van der Waals surface area contributed by atoms with Gasteiger partial charge >= 0.3 is 6.18 Å². The summed E-state index contributed by atoms with van der Waals surface area (Å²) in [7, 11) is 3.38. The van der Waals surface area contributed by atoms with Crippen molar-refractivity contribution in [3.8, 4) is 5.75 Å². The summed E-state index contributed by atoms with van der Waals surface area (Å²) in [5.74, 6) is -1.11. The van der Waals surface area contributed by atoms with Gasteiger partial charge in [-0.2, -0.15) is 22.7 Å². The first-order valence-corrected chi connectivity index (χ1v) is 13.8. The lowest BCUT2D eigenvalue weighted by Crippen LogP contribution is -2.18. The Kier molecular flexibility index (Phi) is 10.0. The summed E-state index contributed by atoms with van der Waals surface area (Å²) >= 11 is 0. The van der Waals surface area contributed by atoms with E-state index in [2.05, 4.69) is 10.2 Å². The Balaban J connectivity index is 1.64. The molecule has 0 saturated carbocycles. The molecule has 4 aromatic rings. The molecule has 5 nitrogen and oxygen atoms in total. The van der Waals surface area contributed by atoms with Gasteiger partial charge in [-0.3, -0.25) is 9.89 Å². The zero-order valence-electron chi connectivity index (χ0n) is 24.1. The van der Waals surface area contributed by atoms with E-state index in [0.717, 1.165) is 31.4 Å². The number of allylic oxidation sites excluding steroid dienone is 2. The molecule has 1 N–H and O–H groups in total. The van der Waals surface area contributed by atoms with Gasteiger partial charge in [-0.1, -0.05) is 31.2 Å². The van der Waals surface area contributed by atoms with Gasteiger partial charge in [0.05, 0.1) is 23.1 Å². The van der Waals surface area contributed by atoms with Gasteiger partial charge < -0.3 is 9.64 Å². The first-order chi connectivity index (χ1) is 20.5. The zero-order valence-corrected chi connectivity index (χ0v) is 24.1. The summed E-state index contributed by atoms with van der Waals surface area (Å²) in [4.78, 5) is 13.1. The predicted molar refractivity (Wildman–Crippen MR) is 157 cm³/mol. The molecule has 4 rings (SSSR count). The maximum absolute atomic E-state index is 14.5. The number of aromatic nitrogens is 2. The maximum atomic E-state index is 14.5. The SMILES string of the molecule is CC/C(=C(/c1ccc(OCCCC/C=C/C(=O)N(C)C)cc1)c1ccc2n[nH]c(F)c2c1)c1cc(F)cc(C(F)(F)F)c1. The van der Waals surface area contributed by atoms with Gasteiger partial charge in [-0.15, -0.1) is 0 Å². The summed E-state index contributed by atoms with van der Waals surface area (Å²) in [6.45, 7) is 2.23. The Hall–Kier alpha value is -4.47. The summed E-state index contributed by atoms with van der Waals surface area (Å²) in [5.41, 5.74) is 1.56. The fourth-order valence-electron chi connectivity index (χ4n) is 4.71. The van der Waals surface area contributed by atoms with E-state index in [1.807, 2.05) is 6.08 Å². The lowest BCUT2D eigenvalue weighted by molar-refractivity contribution is -0.137. The third kappa shape index (κ3) is 7.88. The van der Waals surface area contributed by atoms with Gasteiger partial charge in [-0.05, 0) is 102 Å². The maximum Gasteiger partial charge on any atom is 0.416 e. The number of amides is 1. The minimum absolute atomic E-state index is 0.0657. The van der Waals surface area contributed by atoms with Crippen molar-refractivity contribution in [3.63, 3.8) is 0 Å². The van der Waals surface area contributed by atoms with Crippen molar-refractivity contribution in [2.45, 2.75) is 38.8 Å². The molecule has 0 aliphatic rings. The fraction of sp³-hybridized carbons (Fsp3) is 0.273. The van der Waals surface area contributed by atoms with Crippen molar-refractivity contribution in [2.24, 2.45) is 0 Å². The zero-order chi connectivity index (χ0) is 31.1. The number of hydrogen-bond acceptors (Lipinski definition) is 3. The van der Waals surface area contributed by atoms with Gasteiger partial charge in [0.25, 0.3) is 0 Å². The van der Waals surface area contributed by atoms with E-state index in [9.17, 15) is 26.7 Å². The molecule has 43 heavy (non-hydrogen) atoms. The number of carbonyl (C=O) groups excluding carboxylic acids is 1. The molecule has 1 aromatic heterocycles. The molecule has 0 bridgehead atoms. The minimum atomic E-state index is -4.73. The summed E-state index contributed by atoms with van der Waals surface area (Å²) < 4.78 is 75.5. The molecule has 0 atom stereocenters. The number of halogens is 5. The van der Waals surface area contributed by atoms with Crippen molar-refractivity contribution in [1.29, 1.82) is 0 Å². The largest absolute Gasteiger partial charge is 0.494 e. The average molecular weight is 598 g/mol. The van der Waals surface area contributed by atoms with Crippen LogP contribution in [0.25, 0.3) is 22.0 Å². The number of nitrogens with zero attached hydrogens (tertiary/aromatic N) is 2. The van der Waals surface area contributed by atoms with E-state index in [1.165, 1.54) is 4.90 Å². The second kappa shape index (κ2) is 13.7. The van der Waals surface area contributed by atoms with Crippen LogP contribution in [-0.2, 0) is 11.0 Å². The molecule has 226 valence electrons. The van der Waals surface area contributed by atoms with Crippen molar-refractivity contribution in [1.82, 2.24) is 15.1 Å². The number of ether oxygens (including phenoxy) is 1. The standard InChI is InChI=1S/C33H32F5N3O2/c1-4-27(23-17-24(33(36,37)38)20-25(34)18-23)31(22-12-15-29-28(19-22)32(35)40-39-29)21-10-13-26(14-11-21)43-16-8-6-5-7-9-30(42)41(2)3/h7,9-15,17-20H,4-6,8,16H2,1-3H3,(H,39,40)/b9-7+,31-27+. The Morgan fingerprint density at radius 2 is 1.67 bits per heavy atom. The second-order valence-electron chi connectivity index (χ2n) is 10.2. The molecular formula is C33H32F5N3O2. The van der Waals surface area contributed by atoms with Gasteiger partial charge in [0.15, 0.2) is 0 Å². The highest BCUT2D eigenvalue weighted by Crippen LogP contribution is 2.39. The number of likely N-dealkylation sites (N-methyl/N-ethyl adjacent to an activating group) is 1. The lowest BCUT2D eigenvalue weighted by Gasteiger charge is -2.18. The van der Waals surface area contributed by atoms with Gasteiger partial charge in [0, 0.05) is 14.1 Å². The first-order valence-electron chi connectivity index (χ1n) is 13.8. The van der Waals surface area contributed by atoms with Crippen molar-refractivity contribution < 1.29 is 31.5 Å². The molecule has 1 heterocycles. The van der Waals surface area contributed by atoms with E-state index < -0.39 is 23.5 Å². The summed E-state index contributed by atoms with van der Waals surface area (Å²) in [5, 5.41) is 6.44. The van der Waals surface area contributed by atoms with Gasteiger partial charge in [0.1, 0.15) is 11.6 Å².